The first-order valence-corrected chi connectivity index (χ1v) is 25.3. The third-order valence-electron chi connectivity index (χ3n) is 11.2. The van der Waals surface area contributed by atoms with Crippen molar-refractivity contribution in [2.24, 2.45) is 5.92 Å². The molecule has 12 heteroatoms. The van der Waals surface area contributed by atoms with Crippen LogP contribution in [0, 0.1) is 5.92 Å². The van der Waals surface area contributed by atoms with Crippen LogP contribution in [0.25, 0.3) is 28.1 Å². The summed E-state index contributed by atoms with van der Waals surface area (Å²) in [5, 5.41) is 5.92. The third-order valence-corrected chi connectivity index (χ3v) is 21.8. The minimum atomic E-state index is -2.00. The Morgan fingerprint density at radius 3 is 2.18 bits per heavy atom. The summed E-state index contributed by atoms with van der Waals surface area (Å²) in [5.41, 5.74) is 4.41. The van der Waals surface area contributed by atoms with Crippen LogP contribution in [-0.4, -0.2) is 56.8 Å². The van der Waals surface area contributed by atoms with Gasteiger partial charge < -0.3 is 13.4 Å². The lowest BCUT2D eigenvalue weighted by atomic mass is 9.76. The van der Waals surface area contributed by atoms with Crippen molar-refractivity contribution in [2.75, 3.05) is 0 Å². The van der Waals surface area contributed by atoms with E-state index in [2.05, 4.69) is 109 Å². The molecule has 1 N–H and O–H groups in total. The normalized spacial score (nSPS) is 19.5. The number of benzene rings is 1. The van der Waals surface area contributed by atoms with Gasteiger partial charge in [0, 0.05) is 34.6 Å². The second-order valence-corrected chi connectivity index (χ2v) is 29.8. The van der Waals surface area contributed by atoms with E-state index in [1.165, 1.54) is 0 Å². The summed E-state index contributed by atoms with van der Waals surface area (Å²) in [6.45, 7) is 30.8. The number of aromatic nitrogens is 5. The lowest BCUT2D eigenvalue weighted by molar-refractivity contribution is 0.0365. The van der Waals surface area contributed by atoms with E-state index in [-0.39, 0.29) is 34.2 Å². The van der Waals surface area contributed by atoms with Crippen molar-refractivity contribution >= 4 is 38.9 Å². The predicted molar refractivity (Wildman–Crippen MR) is 215 cm³/mol. The number of pyridine rings is 1. The summed E-state index contributed by atoms with van der Waals surface area (Å²) in [4.78, 5) is 14.7. The zero-order valence-corrected chi connectivity index (χ0v) is 36.1. The van der Waals surface area contributed by atoms with E-state index < -0.39 is 32.7 Å². The van der Waals surface area contributed by atoms with E-state index >= 15 is 0 Å². The van der Waals surface area contributed by atoms with Crippen LogP contribution in [0.5, 0.6) is 0 Å². The fourth-order valence-corrected chi connectivity index (χ4v) is 9.39. The molecular weight excluding hydrogens is 689 g/mol. The second kappa shape index (κ2) is 14.4. The van der Waals surface area contributed by atoms with Crippen LogP contribution < -0.4 is 4.72 Å². The van der Waals surface area contributed by atoms with Crippen molar-refractivity contribution in [3.63, 3.8) is 0 Å². The van der Waals surface area contributed by atoms with Crippen LogP contribution >= 0.6 is 0 Å². The summed E-state index contributed by atoms with van der Waals surface area (Å²) in [6, 6.07) is 14.1. The molecule has 3 heterocycles. The quantitative estimate of drug-likeness (QED) is 0.119. The van der Waals surface area contributed by atoms with Gasteiger partial charge in [-0.2, -0.15) is 9.78 Å². The molecule has 1 aromatic carbocycles. The molecule has 1 aliphatic carbocycles. The van der Waals surface area contributed by atoms with E-state index in [9.17, 15) is 4.55 Å². The SMILES string of the molecule is CC(O[Si](C)(C)C(C)(C)C)c1ccnc(-n2ncc3ccc(-c4cccc([C@@H](N[S+]([O-])C(C)(C)C)C5CC(O[Si](C)(C)C(C)(C)C)C5)n4)cc32)n1. The topological polar surface area (TPSA) is 110 Å². The lowest BCUT2D eigenvalue weighted by Crippen LogP contribution is -2.51. The van der Waals surface area contributed by atoms with E-state index in [4.69, 9.17) is 23.9 Å². The second-order valence-electron chi connectivity index (χ2n) is 18.3. The molecule has 278 valence electrons. The van der Waals surface area contributed by atoms with Crippen molar-refractivity contribution in [2.45, 2.75) is 141 Å². The summed E-state index contributed by atoms with van der Waals surface area (Å²) in [5.74, 6) is 0.769. The maximum Gasteiger partial charge on any atom is 0.251 e. The van der Waals surface area contributed by atoms with Crippen LogP contribution in [0.3, 0.4) is 0 Å². The molecule has 1 saturated carbocycles. The van der Waals surface area contributed by atoms with Gasteiger partial charge in [0.2, 0.25) is 0 Å². The molecule has 0 saturated heterocycles. The Morgan fingerprint density at radius 2 is 1.55 bits per heavy atom. The van der Waals surface area contributed by atoms with Gasteiger partial charge in [-0.3, -0.25) is 4.98 Å². The summed E-state index contributed by atoms with van der Waals surface area (Å²) in [6.07, 6.45) is 5.51. The third kappa shape index (κ3) is 8.85. The molecule has 1 aliphatic rings. The van der Waals surface area contributed by atoms with Gasteiger partial charge in [-0.25, -0.2) is 9.97 Å². The molecule has 5 rings (SSSR count). The van der Waals surface area contributed by atoms with Gasteiger partial charge in [0.25, 0.3) is 5.95 Å². The van der Waals surface area contributed by atoms with Gasteiger partial charge in [0.1, 0.15) is 4.75 Å². The Kier molecular flexibility index (Phi) is 11.2. The molecule has 0 aliphatic heterocycles. The largest absolute Gasteiger partial charge is 0.598 e. The summed E-state index contributed by atoms with van der Waals surface area (Å²) < 4.78 is 31.7. The lowest BCUT2D eigenvalue weighted by Gasteiger charge is -2.46. The van der Waals surface area contributed by atoms with Crippen LogP contribution in [-0.2, 0) is 20.2 Å². The predicted octanol–water partition coefficient (Wildman–Crippen LogP) is 9.85. The van der Waals surface area contributed by atoms with Crippen LogP contribution in [0.2, 0.25) is 36.3 Å². The molecule has 51 heavy (non-hydrogen) atoms. The van der Waals surface area contributed by atoms with E-state index in [1.54, 1.807) is 10.9 Å². The van der Waals surface area contributed by atoms with E-state index in [0.717, 1.165) is 46.4 Å². The molecule has 0 amide bonds. The highest BCUT2D eigenvalue weighted by molar-refractivity contribution is 7.90. The molecule has 2 unspecified atom stereocenters. The van der Waals surface area contributed by atoms with Crippen LogP contribution in [0.1, 0.15) is 106 Å². The van der Waals surface area contributed by atoms with Crippen molar-refractivity contribution in [1.29, 1.82) is 0 Å². The van der Waals surface area contributed by atoms with Crippen molar-refractivity contribution < 1.29 is 13.4 Å². The van der Waals surface area contributed by atoms with Gasteiger partial charge in [-0.15, -0.1) is 4.72 Å². The van der Waals surface area contributed by atoms with Crippen molar-refractivity contribution in [3.8, 4) is 17.2 Å². The Balaban J connectivity index is 1.43. The van der Waals surface area contributed by atoms with Gasteiger partial charge in [0.15, 0.2) is 16.6 Å². The van der Waals surface area contributed by atoms with Gasteiger partial charge in [-0.1, -0.05) is 59.7 Å². The monoisotopic (exact) mass is 748 g/mol. The number of rotatable bonds is 11. The Bertz CT molecular complexity index is 1820. The first-order chi connectivity index (χ1) is 23.5. The van der Waals surface area contributed by atoms with Crippen molar-refractivity contribution in [3.05, 3.63) is 66.2 Å². The first kappa shape index (κ1) is 39.7. The fourth-order valence-electron chi connectivity index (χ4n) is 5.75. The van der Waals surface area contributed by atoms with Gasteiger partial charge >= 0.3 is 0 Å². The minimum Gasteiger partial charge on any atom is -0.598 e. The highest BCUT2D eigenvalue weighted by atomic mass is 32.2. The standard InChI is InChI=1S/C39H60N6O3SSi2/c1-26(47-50(11,12)38(5,6)7)31-20-21-40-36(43-31)45-34-24-27(18-19-28(34)25-41-45)32-16-15-17-33(42-32)35(44-49(46)37(2,3)4)29-22-30(23-29)48-51(13,14)39(8,9)10/h15-21,24-26,29-30,35,44H,22-23H2,1-14H3/t26?,29?,30?,35-,49?/m0/s1. The highest BCUT2D eigenvalue weighted by Crippen LogP contribution is 2.45. The van der Waals surface area contributed by atoms with Crippen LogP contribution in [0.15, 0.2) is 54.9 Å². The molecule has 3 atom stereocenters. The molecule has 0 bridgehead atoms. The number of fused-ring (bicyclic) bond motifs is 1. The Morgan fingerprint density at radius 1 is 0.882 bits per heavy atom. The highest BCUT2D eigenvalue weighted by Gasteiger charge is 2.46. The molecule has 0 radical (unpaired) electrons. The molecular formula is C39H60N6O3SSi2. The average molecular weight is 749 g/mol. The molecule has 9 nitrogen and oxygen atoms in total. The smallest absolute Gasteiger partial charge is 0.251 e. The van der Waals surface area contributed by atoms with Crippen LogP contribution in [0.4, 0.5) is 0 Å². The number of nitrogens with zero attached hydrogens (tertiary/aromatic N) is 5. The van der Waals surface area contributed by atoms with E-state index in [1.807, 2.05) is 45.2 Å². The summed E-state index contributed by atoms with van der Waals surface area (Å²) in [7, 11) is -3.88. The zero-order chi connectivity index (χ0) is 37.7. The van der Waals surface area contributed by atoms with E-state index in [0.29, 0.717) is 5.95 Å². The Labute approximate surface area is 311 Å². The van der Waals surface area contributed by atoms with Crippen molar-refractivity contribution in [1.82, 2.24) is 29.5 Å². The molecule has 3 aromatic heterocycles. The van der Waals surface area contributed by atoms with Gasteiger partial charge in [0.05, 0.1) is 40.9 Å². The summed E-state index contributed by atoms with van der Waals surface area (Å²) >= 11 is -1.26. The first-order valence-electron chi connectivity index (χ1n) is 18.3. The number of hydrogen-bond acceptors (Lipinski definition) is 8. The number of nitrogens with one attached hydrogen (secondary N) is 1. The molecule has 0 spiro atoms. The average Bonchev–Trinajstić information content (AvgIpc) is 3.43. The maximum absolute atomic E-state index is 13.5. The molecule has 1 fully saturated rings. The maximum atomic E-state index is 13.5. The number of hydrogen-bond donors (Lipinski definition) is 1. The Hall–Kier alpha value is -2.46. The fraction of sp³-hybridized carbons (Fsp3) is 0.590. The molecule has 4 aromatic rings. The zero-order valence-electron chi connectivity index (χ0n) is 33.3. The minimum absolute atomic E-state index is 0.0934. The van der Waals surface area contributed by atoms with Gasteiger partial charge in [-0.05, 0) is 107 Å².